The van der Waals surface area contributed by atoms with Crippen LogP contribution in [0.1, 0.15) is 48.6 Å². The Labute approximate surface area is 306 Å². The third kappa shape index (κ3) is 9.07. The van der Waals surface area contributed by atoms with Gasteiger partial charge in [-0.3, -0.25) is 4.79 Å². The number of methoxy groups -OCH3 is 1. The summed E-state index contributed by atoms with van der Waals surface area (Å²) in [6.45, 7) is 8.44. The smallest absolute Gasteiger partial charge is 0.415 e. The number of nitrogens with zero attached hydrogens (tertiary/aromatic N) is 4. The van der Waals surface area contributed by atoms with Crippen molar-refractivity contribution >= 4 is 57.4 Å². The van der Waals surface area contributed by atoms with Crippen LogP contribution < -0.4 is 14.4 Å². The number of carbonyl (C=O) groups is 3. The first-order valence-corrected chi connectivity index (χ1v) is 17.5. The summed E-state index contributed by atoms with van der Waals surface area (Å²) in [6.07, 6.45) is -1.29. The first kappa shape index (κ1) is 38.7. The molecule has 0 radical (unpaired) electrons. The molecule has 1 unspecified atom stereocenters. The van der Waals surface area contributed by atoms with Gasteiger partial charge in [0.25, 0.3) is 5.91 Å². The highest BCUT2D eigenvalue weighted by atomic mass is 35.5. The number of fused-ring (bicyclic) bond motifs is 4. The van der Waals surface area contributed by atoms with Crippen LogP contribution in [0.4, 0.5) is 15.3 Å². The van der Waals surface area contributed by atoms with Gasteiger partial charge in [-0.25, -0.2) is 14.6 Å². The Balaban J connectivity index is 1.43. The summed E-state index contributed by atoms with van der Waals surface area (Å²) in [5, 5.41) is 9.94. The molecule has 0 saturated carbocycles. The molecule has 3 amide bonds. The van der Waals surface area contributed by atoms with Crippen LogP contribution >= 0.6 is 11.6 Å². The number of oxazole rings is 1. The fourth-order valence-corrected chi connectivity index (χ4v) is 6.05. The highest BCUT2D eigenvalue weighted by molar-refractivity contribution is 6.19. The lowest BCUT2D eigenvalue weighted by atomic mass is 10.0. The SMILES string of the molecule is COCCOc1ccc2[nH]c(C(=O)N3CC(CCl)c4c3cc(OC(=O)N(CCOCCO)CCN(C)C(=O)OC(C)(C)C)c3oc(C)nc43)cc2c1. The summed E-state index contributed by atoms with van der Waals surface area (Å²) >= 11 is 6.46. The third-order valence-electron chi connectivity index (χ3n) is 8.28. The summed E-state index contributed by atoms with van der Waals surface area (Å²) in [5.74, 6) is 0.674. The number of H-pyrrole nitrogens is 1. The maximum Gasteiger partial charge on any atom is 0.415 e. The molecular weight excluding hydrogens is 698 g/mol. The molecule has 52 heavy (non-hydrogen) atoms. The number of aliphatic hydroxyl groups is 1. The fraction of sp³-hybridized carbons (Fsp3) is 0.500. The second kappa shape index (κ2) is 16.8. The number of halogens is 1. The van der Waals surface area contributed by atoms with Crippen molar-refractivity contribution < 1.29 is 47.6 Å². The van der Waals surface area contributed by atoms with Crippen molar-refractivity contribution in [2.75, 3.05) is 84.2 Å². The van der Waals surface area contributed by atoms with Gasteiger partial charge < -0.3 is 52.9 Å². The number of aliphatic hydroxyl groups excluding tert-OH is 1. The van der Waals surface area contributed by atoms with E-state index in [0.29, 0.717) is 47.3 Å². The van der Waals surface area contributed by atoms with Crippen LogP contribution in [0.25, 0.3) is 22.0 Å². The summed E-state index contributed by atoms with van der Waals surface area (Å²) < 4.78 is 33.6. The van der Waals surface area contributed by atoms with Crippen LogP contribution in [-0.4, -0.2) is 128 Å². The van der Waals surface area contributed by atoms with Gasteiger partial charge in [-0.1, -0.05) is 0 Å². The zero-order chi connectivity index (χ0) is 37.6. The molecule has 0 spiro atoms. The first-order chi connectivity index (χ1) is 24.8. The number of nitrogens with one attached hydrogen (secondary N) is 1. The van der Waals surface area contributed by atoms with Crippen LogP contribution in [0.3, 0.4) is 0 Å². The van der Waals surface area contributed by atoms with Crippen LogP contribution in [-0.2, 0) is 14.2 Å². The molecule has 5 rings (SSSR count). The van der Waals surface area contributed by atoms with Crippen LogP contribution in [0, 0.1) is 6.92 Å². The number of aromatic amines is 1. The Morgan fingerprint density at radius 1 is 1.08 bits per heavy atom. The van der Waals surface area contributed by atoms with Gasteiger partial charge in [0.1, 0.15) is 29.2 Å². The molecule has 1 aliphatic heterocycles. The number of amides is 3. The van der Waals surface area contributed by atoms with E-state index in [1.807, 2.05) is 18.2 Å². The number of rotatable bonds is 15. The minimum absolute atomic E-state index is 0.0589. The number of likely N-dealkylation sites (N-methyl/N-ethyl adjacent to an activating group) is 1. The second-order valence-electron chi connectivity index (χ2n) is 13.4. The number of aryl methyl sites for hydroxylation is 1. The number of aromatic nitrogens is 2. The summed E-state index contributed by atoms with van der Waals surface area (Å²) in [6, 6.07) is 8.88. The minimum Gasteiger partial charge on any atom is -0.491 e. The van der Waals surface area contributed by atoms with Gasteiger partial charge in [0, 0.05) is 81.6 Å². The van der Waals surface area contributed by atoms with E-state index >= 15 is 0 Å². The number of alkyl halides is 1. The van der Waals surface area contributed by atoms with E-state index in [2.05, 4.69) is 9.97 Å². The quantitative estimate of drug-likeness (QED) is 0.120. The maximum absolute atomic E-state index is 14.2. The second-order valence-corrected chi connectivity index (χ2v) is 13.7. The van der Waals surface area contributed by atoms with Crippen molar-refractivity contribution in [1.82, 2.24) is 19.8 Å². The Hall–Kier alpha value is -4.57. The predicted octanol–water partition coefficient (Wildman–Crippen LogP) is 5.30. The van der Waals surface area contributed by atoms with Crippen molar-refractivity contribution in [3.63, 3.8) is 0 Å². The monoisotopic (exact) mass is 743 g/mol. The highest BCUT2D eigenvalue weighted by Gasteiger charge is 2.38. The molecule has 2 N–H and O–H groups in total. The Bertz CT molecular complexity index is 1890. The van der Waals surface area contributed by atoms with Gasteiger partial charge in [-0.05, 0) is 45.0 Å². The minimum atomic E-state index is -0.746. The van der Waals surface area contributed by atoms with Gasteiger partial charge in [0.05, 0.1) is 32.1 Å². The van der Waals surface area contributed by atoms with Crippen LogP contribution in [0.15, 0.2) is 34.7 Å². The van der Waals surface area contributed by atoms with E-state index in [1.165, 1.54) is 9.80 Å². The van der Waals surface area contributed by atoms with Crippen molar-refractivity contribution in [2.24, 2.45) is 0 Å². The van der Waals surface area contributed by atoms with Gasteiger partial charge in [-0.15, -0.1) is 11.6 Å². The average Bonchev–Trinajstić information content (AvgIpc) is 3.81. The molecule has 15 nitrogen and oxygen atoms in total. The van der Waals surface area contributed by atoms with E-state index in [0.717, 1.165) is 10.9 Å². The molecule has 0 aliphatic carbocycles. The largest absolute Gasteiger partial charge is 0.491 e. The van der Waals surface area contributed by atoms with Crippen molar-refractivity contribution in [2.45, 2.75) is 39.2 Å². The lowest BCUT2D eigenvalue weighted by Crippen LogP contribution is -2.43. The summed E-state index contributed by atoms with van der Waals surface area (Å²) in [4.78, 5) is 52.7. The first-order valence-electron chi connectivity index (χ1n) is 17.0. The number of anilines is 1. The van der Waals surface area contributed by atoms with E-state index in [9.17, 15) is 14.4 Å². The maximum atomic E-state index is 14.2. The molecule has 16 heteroatoms. The molecule has 3 heterocycles. The van der Waals surface area contributed by atoms with E-state index in [-0.39, 0.29) is 75.0 Å². The van der Waals surface area contributed by atoms with Crippen LogP contribution in [0.5, 0.6) is 11.5 Å². The van der Waals surface area contributed by atoms with Gasteiger partial charge in [-0.2, -0.15) is 0 Å². The lowest BCUT2D eigenvalue weighted by molar-refractivity contribution is 0.0273. The van der Waals surface area contributed by atoms with Gasteiger partial charge >= 0.3 is 12.2 Å². The predicted molar refractivity (Wildman–Crippen MR) is 194 cm³/mol. The standard InChI is InChI=1S/C36H46ClN5O10/c1-22-38-31-30-24(20-37)21-42(33(44)27-18-23-17-25(49-16-15-47-6)7-8-26(23)39-27)28(30)19-29(32(31)50-22)51-35(46)41(11-13-48-14-12-43)10-9-40(5)34(45)52-36(2,3)4/h7-8,17-19,24,39,43H,9-16,20-21H2,1-6H3. The fourth-order valence-electron chi connectivity index (χ4n) is 5.80. The molecule has 0 fully saturated rings. The zero-order valence-electron chi connectivity index (χ0n) is 30.3. The number of benzene rings is 2. The van der Waals surface area contributed by atoms with Crippen molar-refractivity contribution in [1.29, 1.82) is 0 Å². The molecule has 1 aliphatic rings. The number of hydrogen-bond donors (Lipinski definition) is 2. The lowest BCUT2D eigenvalue weighted by Gasteiger charge is -2.27. The normalized spacial score (nSPS) is 14.2. The van der Waals surface area contributed by atoms with Gasteiger partial charge in [0.2, 0.25) is 0 Å². The molecule has 1 atom stereocenters. The van der Waals surface area contributed by atoms with Crippen LogP contribution in [0.2, 0.25) is 0 Å². The molecule has 4 aromatic rings. The molecule has 2 aromatic carbocycles. The number of hydrogen-bond acceptors (Lipinski definition) is 11. The summed E-state index contributed by atoms with van der Waals surface area (Å²) in [7, 11) is 3.18. The van der Waals surface area contributed by atoms with Gasteiger partial charge in [0.15, 0.2) is 17.2 Å². The van der Waals surface area contributed by atoms with Crippen molar-refractivity contribution in [3.8, 4) is 11.5 Å². The molecule has 0 saturated heterocycles. The van der Waals surface area contributed by atoms with Crippen molar-refractivity contribution in [3.05, 3.63) is 47.5 Å². The summed E-state index contributed by atoms with van der Waals surface area (Å²) in [5.41, 5.74) is 2.30. The zero-order valence-corrected chi connectivity index (χ0v) is 31.1. The topological polar surface area (TPSA) is 169 Å². The average molecular weight is 744 g/mol. The van der Waals surface area contributed by atoms with E-state index < -0.39 is 17.8 Å². The third-order valence-corrected chi connectivity index (χ3v) is 8.65. The molecule has 282 valence electrons. The molecule has 2 aromatic heterocycles. The Morgan fingerprint density at radius 2 is 1.87 bits per heavy atom. The Morgan fingerprint density at radius 3 is 2.58 bits per heavy atom. The number of carbonyl (C=O) groups excluding carboxylic acids is 3. The van der Waals surface area contributed by atoms with E-state index in [1.54, 1.807) is 58.9 Å². The van der Waals surface area contributed by atoms with E-state index in [4.69, 9.17) is 44.8 Å². The highest BCUT2D eigenvalue weighted by Crippen LogP contribution is 2.46. The number of ether oxygens (including phenoxy) is 5. The Kier molecular flexibility index (Phi) is 12.5. The molecular formula is C36H46ClN5O10. The molecule has 0 bridgehead atoms.